The van der Waals surface area contributed by atoms with E-state index in [4.69, 9.17) is 10.00 Å². The van der Waals surface area contributed by atoms with Gasteiger partial charge in [0.1, 0.15) is 23.4 Å². The average Bonchev–Trinajstić information content (AvgIpc) is 2.60. The molecule has 0 radical (unpaired) electrons. The van der Waals surface area contributed by atoms with Crippen molar-refractivity contribution in [1.82, 2.24) is 14.5 Å². The van der Waals surface area contributed by atoms with Gasteiger partial charge >= 0.3 is 5.69 Å². The van der Waals surface area contributed by atoms with Gasteiger partial charge in [0.2, 0.25) is 0 Å². The summed E-state index contributed by atoms with van der Waals surface area (Å²) in [4.78, 5) is 22.5. The van der Waals surface area contributed by atoms with Crippen molar-refractivity contribution in [1.29, 1.82) is 5.26 Å². The van der Waals surface area contributed by atoms with Gasteiger partial charge in [-0.05, 0) is 25.5 Å². The molecule has 0 aromatic carbocycles. The molecule has 24 heavy (non-hydrogen) atoms. The van der Waals surface area contributed by atoms with E-state index in [1.807, 2.05) is 17.9 Å². The molecule has 0 saturated carbocycles. The van der Waals surface area contributed by atoms with Crippen LogP contribution >= 0.6 is 0 Å². The largest absolute Gasteiger partial charge is 0.390 e. The number of aromatic nitrogens is 3. The van der Waals surface area contributed by atoms with E-state index in [1.54, 1.807) is 19.2 Å². The van der Waals surface area contributed by atoms with Crippen LogP contribution in [0.5, 0.6) is 0 Å². The van der Waals surface area contributed by atoms with Crippen LogP contribution in [-0.4, -0.2) is 51.5 Å². The number of aryl methyl sites for hydroxylation is 1. The van der Waals surface area contributed by atoms with Gasteiger partial charge in [0.05, 0.1) is 11.6 Å². The third-order valence-electron chi connectivity index (χ3n) is 4.25. The normalized spacial score (nSPS) is 21.0. The molecule has 0 amide bonds. The molecule has 126 valence electrons. The van der Waals surface area contributed by atoms with Crippen LogP contribution in [0.15, 0.2) is 16.9 Å². The minimum Gasteiger partial charge on any atom is -0.390 e. The Morgan fingerprint density at radius 1 is 1.46 bits per heavy atom. The molecule has 0 unspecified atom stereocenters. The Morgan fingerprint density at radius 3 is 2.96 bits per heavy atom. The van der Waals surface area contributed by atoms with Gasteiger partial charge in [0.25, 0.3) is 0 Å². The maximum absolute atomic E-state index is 12.2. The second-order valence-electron chi connectivity index (χ2n) is 5.75. The summed E-state index contributed by atoms with van der Waals surface area (Å²) in [6.07, 6.45) is -0.369. The fraction of sp³-hybridized carbons (Fsp3) is 0.500. The number of pyridine rings is 1. The molecule has 2 aromatic heterocycles. The lowest BCUT2D eigenvalue weighted by atomic mass is 10.0. The van der Waals surface area contributed by atoms with Gasteiger partial charge in [0, 0.05) is 26.7 Å². The number of ether oxygens (including phenoxy) is 1. The van der Waals surface area contributed by atoms with E-state index in [9.17, 15) is 9.90 Å². The Labute approximate surface area is 138 Å². The van der Waals surface area contributed by atoms with Crippen LogP contribution in [0.3, 0.4) is 0 Å². The van der Waals surface area contributed by atoms with E-state index in [0.29, 0.717) is 43.0 Å². The van der Waals surface area contributed by atoms with E-state index in [2.05, 4.69) is 9.97 Å². The topological polar surface area (TPSA) is 104 Å². The van der Waals surface area contributed by atoms with E-state index in [-0.39, 0.29) is 17.5 Å². The third kappa shape index (κ3) is 2.84. The number of aliphatic hydroxyl groups is 1. The Morgan fingerprint density at radius 2 is 2.25 bits per heavy atom. The Bertz CT molecular complexity index is 857. The van der Waals surface area contributed by atoms with E-state index >= 15 is 0 Å². The predicted molar refractivity (Wildman–Crippen MR) is 87.7 cm³/mol. The highest BCUT2D eigenvalue weighted by Crippen LogP contribution is 2.25. The van der Waals surface area contributed by atoms with Crippen molar-refractivity contribution < 1.29 is 9.84 Å². The number of hydrogen-bond donors (Lipinski definition) is 1. The summed E-state index contributed by atoms with van der Waals surface area (Å²) < 4.78 is 6.99. The van der Waals surface area contributed by atoms with Gasteiger partial charge in [-0.2, -0.15) is 10.2 Å². The van der Waals surface area contributed by atoms with Crippen LogP contribution < -0.4 is 10.6 Å². The number of nitriles is 1. The van der Waals surface area contributed by atoms with Gasteiger partial charge in [-0.1, -0.05) is 0 Å². The first kappa shape index (κ1) is 16.4. The summed E-state index contributed by atoms with van der Waals surface area (Å²) in [6, 6.07) is 5.29. The number of nitrogens with zero attached hydrogens (tertiary/aromatic N) is 5. The molecule has 1 aliphatic rings. The summed E-state index contributed by atoms with van der Waals surface area (Å²) >= 11 is 0. The number of piperidine rings is 1. The maximum Gasteiger partial charge on any atom is 0.349 e. The predicted octanol–water partition coefficient (Wildman–Crippen LogP) is 0.176. The average molecular weight is 329 g/mol. The first-order valence-corrected chi connectivity index (χ1v) is 7.87. The van der Waals surface area contributed by atoms with Crippen molar-refractivity contribution >= 4 is 16.9 Å². The Kier molecular flexibility index (Phi) is 4.46. The van der Waals surface area contributed by atoms with E-state index < -0.39 is 6.10 Å². The van der Waals surface area contributed by atoms with Crippen molar-refractivity contribution in [2.45, 2.75) is 25.6 Å². The molecule has 0 spiro atoms. The van der Waals surface area contributed by atoms with Crippen molar-refractivity contribution in [3.63, 3.8) is 0 Å². The fourth-order valence-electron chi connectivity index (χ4n) is 2.97. The Hall–Kier alpha value is -2.50. The van der Waals surface area contributed by atoms with Gasteiger partial charge in [-0.25, -0.2) is 9.78 Å². The molecule has 2 aromatic rings. The molecule has 3 rings (SSSR count). The number of anilines is 1. The first-order chi connectivity index (χ1) is 11.5. The fourth-order valence-corrected chi connectivity index (χ4v) is 2.97. The lowest BCUT2D eigenvalue weighted by Gasteiger charge is -2.36. The van der Waals surface area contributed by atoms with Crippen molar-refractivity contribution in [3.05, 3.63) is 28.3 Å². The van der Waals surface area contributed by atoms with Crippen LogP contribution in [0, 0.1) is 11.3 Å². The van der Waals surface area contributed by atoms with Crippen LogP contribution in [0.25, 0.3) is 11.0 Å². The quantitative estimate of drug-likeness (QED) is 0.856. The number of rotatable bonds is 3. The molecule has 1 aliphatic heterocycles. The summed E-state index contributed by atoms with van der Waals surface area (Å²) in [5.41, 5.74) is 0.997. The molecular formula is C16H19N5O3. The molecule has 8 nitrogen and oxygen atoms in total. The molecule has 1 fully saturated rings. The second-order valence-corrected chi connectivity index (χ2v) is 5.75. The standard InChI is InChI=1S/C16H19N5O3/c1-3-24-13-9-21(7-6-12(13)22)15-14-11(20(2)16(23)19-15)5-4-10(8-17)18-14/h4-5,12-13,22H,3,6-7,9H2,1-2H3/t12-,13+/m1/s1. The number of fused-ring (bicyclic) bond motifs is 1. The summed E-state index contributed by atoms with van der Waals surface area (Å²) in [5, 5.41) is 19.2. The van der Waals surface area contributed by atoms with Crippen molar-refractivity contribution in [2.24, 2.45) is 7.05 Å². The van der Waals surface area contributed by atoms with Gasteiger partial charge in [-0.3, -0.25) is 4.57 Å². The van der Waals surface area contributed by atoms with Gasteiger partial charge < -0.3 is 14.7 Å². The smallest absolute Gasteiger partial charge is 0.349 e. The third-order valence-corrected chi connectivity index (χ3v) is 4.25. The highest BCUT2D eigenvalue weighted by Gasteiger charge is 2.30. The highest BCUT2D eigenvalue weighted by molar-refractivity contribution is 5.86. The molecule has 0 bridgehead atoms. The zero-order valence-corrected chi connectivity index (χ0v) is 13.6. The van der Waals surface area contributed by atoms with Gasteiger partial charge in [0.15, 0.2) is 5.82 Å². The van der Waals surface area contributed by atoms with Crippen LogP contribution in [0.4, 0.5) is 5.82 Å². The second kappa shape index (κ2) is 6.55. The number of hydrogen-bond acceptors (Lipinski definition) is 7. The summed E-state index contributed by atoms with van der Waals surface area (Å²) in [7, 11) is 1.62. The van der Waals surface area contributed by atoms with Crippen molar-refractivity contribution in [3.8, 4) is 6.07 Å². The molecule has 0 aliphatic carbocycles. The zero-order valence-electron chi connectivity index (χ0n) is 13.6. The highest BCUT2D eigenvalue weighted by atomic mass is 16.5. The minimum absolute atomic E-state index is 0.266. The molecule has 8 heteroatoms. The molecule has 3 heterocycles. The van der Waals surface area contributed by atoms with E-state index in [1.165, 1.54) is 4.57 Å². The monoisotopic (exact) mass is 329 g/mol. The molecule has 1 N–H and O–H groups in total. The van der Waals surface area contributed by atoms with Crippen molar-refractivity contribution in [2.75, 3.05) is 24.6 Å². The van der Waals surface area contributed by atoms with Crippen LogP contribution in [0.2, 0.25) is 0 Å². The maximum atomic E-state index is 12.2. The SMILES string of the molecule is CCO[C@H]1CN(c2nc(=O)n(C)c3ccc(C#N)nc23)CC[C@H]1O. The Balaban J connectivity index is 2.10. The minimum atomic E-state index is -0.540. The summed E-state index contributed by atoms with van der Waals surface area (Å²) in [5.74, 6) is 0.432. The first-order valence-electron chi connectivity index (χ1n) is 7.87. The van der Waals surface area contributed by atoms with Gasteiger partial charge in [-0.15, -0.1) is 0 Å². The molecule has 1 saturated heterocycles. The lowest BCUT2D eigenvalue weighted by Crippen LogP contribution is -2.49. The number of aliphatic hydroxyl groups excluding tert-OH is 1. The van der Waals surface area contributed by atoms with Crippen LogP contribution in [0.1, 0.15) is 19.0 Å². The summed E-state index contributed by atoms with van der Waals surface area (Å²) in [6.45, 7) is 3.33. The van der Waals surface area contributed by atoms with Crippen LogP contribution in [-0.2, 0) is 11.8 Å². The molecular weight excluding hydrogens is 310 g/mol. The van der Waals surface area contributed by atoms with E-state index in [0.717, 1.165) is 0 Å². The lowest BCUT2D eigenvalue weighted by molar-refractivity contribution is -0.0399. The molecule has 2 atom stereocenters. The zero-order chi connectivity index (χ0) is 17.3.